The number of carbonyl (C=O) groups is 1. The third-order valence-corrected chi connectivity index (χ3v) is 3.12. The molecule has 2 rings (SSSR count). The van der Waals surface area contributed by atoms with E-state index in [4.69, 9.17) is 0 Å². The molecule has 20 heavy (non-hydrogen) atoms. The average Bonchev–Trinajstić information content (AvgIpc) is 2.53. The Hall–Kier alpha value is -2.39. The van der Waals surface area contributed by atoms with Crippen molar-refractivity contribution in [2.24, 2.45) is 0 Å². The van der Waals surface area contributed by atoms with Crippen molar-refractivity contribution in [1.29, 1.82) is 0 Å². The third-order valence-electron chi connectivity index (χ3n) is 3.12. The normalized spacial score (nSPS) is 10.8. The number of carbonyl (C=O) groups excluding carboxylic acids is 1. The van der Waals surface area contributed by atoms with E-state index in [0.29, 0.717) is 17.7 Å². The van der Waals surface area contributed by atoms with Gasteiger partial charge >= 0.3 is 0 Å². The van der Waals surface area contributed by atoms with Gasteiger partial charge < -0.3 is 10.4 Å². The first kappa shape index (κ1) is 14.0. The maximum atomic E-state index is 12.4. The molecule has 1 amide bonds. The largest absolute Gasteiger partial charge is 0.372 e. The van der Waals surface area contributed by atoms with Gasteiger partial charge in [0.1, 0.15) is 0 Å². The van der Waals surface area contributed by atoms with Gasteiger partial charge in [-0.2, -0.15) is 0 Å². The lowest BCUT2D eigenvalue weighted by Crippen LogP contribution is -2.45. The molecule has 0 saturated carbocycles. The van der Waals surface area contributed by atoms with E-state index in [9.17, 15) is 9.90 Å². The number of nitrogens with one attached hydrogen (secondary N) is 1. The van der Waals surface area contributed by atoms with E-state index in [1.807, 2.05) is 12.1 Å². The van der Waals surface area contributed by atoms with Gasteiger partial charge in [-0.15, -0.1) is 6.58 Å². The van der Waals surface area contributed by atoms with Crippen molar-refractivity contribution in [2.45, 2.75) is 5.60 Å². The highest BCUT2D eigenvalue weighted by atomic mass is 16.3. The summed E-state index contributed by atoms with van der Waals surface area (Å²) in [6.45, 7) is 3.87. The van der Waals surface area contributed by atoms with Crippen molar-refractivity contribution in [3.8, 4) is 0 Å². The molecule has 2 aromatic carbocycles. The van der Waals surface area contributed by atoms with E-state index >= 15 is 0 Å². The molecule has 0 heterocycles. The van der Waals surface area contributed by atoms with Crippen LogP contribution in [0.1, 0.15) is 11.1 Å². The predicted octanol–water partition coefficient (Wildman–Crippen LogP) is 2.22. The molecule has 0 aliphatic carbocycles. The van der Waals surface area contributed by atoms with Crippen LogP contribution in [0, 0.1) is 0 Å². The fourth-order valence-corrected chi connectivity index (χ4v) is 2.08. The van der Waals surface area contributed by atoms with Crippen molar-refractivity contribution in [2.75, 3.05) is 6.54 Å². The summed E-state index contributed by atoms with van der Waals surface area (Å²) in [5.41, 5.74) is -0.633. The van der Waals surface area contributed by atoms with E-state index in [-0.39, 0.29) is 0 Å². The summed E-state index contributed by atoms with van der Waals surface area (Å²) in [7, 11) is 0. The zero-order valence-corrected chi connectivity index (χ0v) is 11.1. The second-order valence-electron chi connectivity index (χ2n) is 4.44. The summed E-state index contributed by atoms with van der Waals surface area (Å²) in [6, 6.07) is 17.8. The summed E-state index contributed by atoms with van der Waals surface area (Å²) in [5, 5.41) is 13.7. The number of benzene rings is 2. The van der Waals surface area contributed by atoms with Gasteiger partial charge in [-0.25, -0.2) is 0 Å². The van der Waals surface area contributed by atoms with Gasteiger partial charge in [-0.1, -0.05) is 66.7 Å². The van der Waals surface area contributed by atoms with Crippen LogP contribution < -0.4 is 5.32 Å². The van der Waals surface area contributed by atoms with E-state index in [1.165, 1.54) is 0 Å². The molecule has 0 radical (unpaired) electrons. The molecule has 0 atom stereocenters. The summed E-state index contributed by atoms with van der Waals surface area (Å²) in [6.07, 6.45) is 1.58. The SMILES string of the molecule is C=CCNC(=O)C(O)(c1ccccc1)c1ccccc1. The Kier molecular flexibility index (Phi) is 4.33. The van der Waals surface area contributed by atoms with Crippen LogP contribution in [-0.2, 0) is 10.4 Å². The highest BCUT2D eigenvalue weighted by molar-refractivity contribution is 5.90. The van der Waals surface area contributed by atoms with Crippen LogP contribution in [-0.4, -0.2) is 17.6 Å². The van der Waals surface area contributed by atoms with Crippen LogP contribution in [0.25, 0.3) is 0 Å². The summed E-state index contributed by atoms with van der Waals surface area (Å²) < 4.78 is 0. The standard InChI is InChI=1S/C17H17NO2/c1-2-13-18-16(19)17(20,14-9-5-3-6-10-14)15-11-7-4-8-12-15/h2-12,20H,1,13H2,(H,18,19). The smallest absolute Gasteiger partial charge is 0.261 e. The summed E-state index contributed by atoms with van der Waals surface area (Å²) in [4.78, 5) is 12.4. The second-order valence-corrected chi connectivity index (χ2v) is 4.44. The quantitative estimate of drug-likeness (QED) is 0.816. The van der Waals surface area contributed by atoms with Crippen LogP contribution >= 0.6 is 0 Å². The Balaban J connectivity index is 2.49. The molecule has 102 valence electrons. The number of amides is 1. The lowest BCUT2D eigenvalue weighted by atomic mass is 9.85. The molecule has 0 fully saturated rings. The van der Waals surface area contributed by atoms with Gasteiger partial charge in [0, 0.05) is 6.54 Å². The minimum Gasteiger partial charge on any atom is -0.372 e. The molecule has 3 nitrogen and oxygen atoms in total. The first-order valence-electron chi connectivity index (χ1n) is 6.42. The molecular weight excluding hydrogens is 250 g/mol. The van der Waals surface area contributed by atoms with Gasteiger partial charge in [0.2, 0.25) is 0 Å². The molecular formula is C17H17NO2. The minimum atomic E-state index is -1.70. The first-order chi connectivity index (χ1) is 9.69. The molecule has 3 heteroatoms. The molecule has 0 bridgehead atoms. The van der Waals surface area contributed by atoms with Crippen molar-refractivity contribution >= 4 is 5.91 Å². The number of aliphatic hydroxyl groups is 1. The maximum Gasteiger partial charge on any atom is 0.261 e. The van der Waals surface area contributed by atoms with Crippen LogP contribution in [0.5, 0.6) is 0 Å². The van der Waals surface area contributed by atoms with E-state index in [0.717, 1.165) is 0 Å². The molecule has 0 unspecified atom stereocenters. The Morgan fingerprint density at radius 2 is 1.50 bits per heavy atom. The van der Waals surface area contributed by atoms with Crippen molar-refractivity contribution in [3.63, 3.8) is 0 Å². The predicted molar refractivity (Wildman–Crippen MR) is 79.1 cm³/mol. The monoisotopic (exact) mass is 267 g/mol. The van der Waals surface area contributed by atoms with Gasteiger partial charge in [0.15, 0.2) is 5.60 Å². The Morgan fingerprint density at radius 1 is 1.05 bits per heavy atom. The summed E-state index contributed by atoms with van der Waals surface area (Å²) in [5.74, 6) is -0.463. The van der Waals surface area contributed by atoms with E-state index in [2.05, 4.69) is 11.9 Å². The van der Waals surface area contributed by atoms with Crippen molar-refractivity contribution in [1.82, 2.24) is 5.32 Å². The summed E-state index contributed by atoms with van der Waals surface area (Å²) >= 11 is 0. The topological polar surface area (TPSA) is 49.3 Å². The van der Waals surface area contributed by atoms with E-state index < -0.39 is 11.5 Å². The van der Waals surface area contributed by atoms with Gasteiger partial charge in [0.25, 0.3) is 5.91 Å². The molecule has 0 aliphatic heterocycles. The van der Waals surface area contributed by atoms with Crippen LogP contribution in [0.2, 0.25) is 0 Å². The number of rotatable bonds is 5. The molecule has 0 aliphatic rings. The van der Waals surface area contributed by atoms with Crippen LogP contribution in [0.4, 0.5) is 0 Å². The molecule has 0 saturated heterocycles. The van der Waals surface area contributed by atoms with Crippen molar-refractivity contribution in [3.05, 3.63) is 84.4 Å². The zero-order chi connectivity index (χ0) is 14.4. The lowest BCUT2D eigenvalue weighted by Gasteiger charge is -2.27. The molecule has 2 N–H and O–H groups in total. The number of hydrogen-bond acceptors (Lipinski definition) is 2. The molecule has 0 spiro atoms. The van der Waals surface area contributed by atoms with Crippen molar-refractivity contribution < 1.29 is 9.90 Å². The lowest BCUT2D eigenvalue weighted by molar-refractivity contribution is -0.136. The third kappa shape index (κ3) is 2.63. The van der Waals surface area contributed by atoms with E-state index in [1.54, 1.807) is 54.6 Å². The van der Waals surface area contributed by atoms with Crippen LogP contribution in [0.15, 0.2) is 73.3 Å². The second kappa shape index (κ2) is 6.17. The molecule has 0 aromatic heterocycles. The first-order valence-corrected chi connectivity index (χ1v) is 6.42. The highest BCUT2D eigenvalue weighted by Crippen LogP contribution is 2.29. The average molecular weight is 267 g/mol. The Bertz CT molecular complexity index is 539. The van der Waals surface area contributed by atoms with Gasteiger partial charge in [-0.05, 0) is 11.1 Å². The highest BCUT2D eigenvalue weighted by Gasteiger charge is 2.39. The zero-order valence-electron chi connectivity index (χ0n) is 11.1. The maximum absolute atomic E-state index is 12.4. The number of hydrogen-bond donors (Lipinski definition) is 2. The minimum absolute atomic E-state index is 0.306. The fraction of sp³-hybridized carbons (Fsp3) is 0.118. The Labute approximate surface area is 118 Å². The van der Waals surface area contributed by atoms with Gasteiger partial charge in [-0.3, -0.25) is 4.79 Å². The Morgan fingerprint density at radius 3 is 1.90 bits per heavy atom. The molecule has 2 aromatic rings. The van der Waals surface area contributed by atoms with Gasteiger partial charge in [0.05, 0.1) is 0 Å². The fourth-order valence-electron chi connectivity index (χ4n) is 2.08. The van der Waals surface area contributed by atoms with Crippen LogP contribution in [0.3, 0.4) is 0 Å².